The lowest BCUT2D eigenvalue weighted by atomic mass is 10.2. The van der Waals surface area contributed by atoms with E-state index in [0.717, 1.165) is 35.7 Å². The van der Waals surface area contributed by atoms with E-state index in [1.54, 1.807) is 4.68 Å². The fraction of sp³-hybridized carbons (Fsp3) is 0.636. The van der Waals surface area contributed by atoms with Gasteiger partial charge in [0.05, 0.1) is 11.4 Å². The summed E-state index contributed by atoms with van der Waals surface area (Å²) in [6.07, 6.45) is 3.93. The lowest BCUT2D eigenvalue weighted by Crippen LogP contribution is -2.40. The van der Waals surface area contributed by atoms with Crippen molar-refractivity contribution in [3.63, 3.8) is 0 Å². The minimum absolute atomic E-state index is 0.127. The summed E-state index contributed by atoms with van der Waals surface area (Å²) < 4.78 is 1.70. The molecule has 5 nitrogen and oxygen atoms in total. The summed E-state index contributed by atoms with van der Waals surface area (Å²) in [4.78, 5) is 11.8. The summed E-state index contributed by atoms with van der Waals surface area (Å²) in [5.41, 5.74) is 1.61. The first-order valence-corrected chi connectivity index (χ1v) is 6.96. The number of nitrogens with one attached hydrogen (secondary N) is 2. The molecule has 0 radical (unpaired) electrons. The number of hydrogen-bond donors (Lipinski definition) is 2. The molecule has 0 unspecified atom stereocenters. The van der Waals surface area contributed by atoms with Crippen LogP contribution in [0.25, 0.3) is 0 Å². The molecule has 2 amide bonds. The average molecular weight is 254 g/mol. The van der Waals surface area contributed by atoms with Crippen molar-refractivity contribution in [3.05, 3.63) is 11.9 Å². The Morgan fingerprint density at radius 3 is 2.82 bits per heavy atom. The van der Waals surface area contributed by atoms with E-state index in [9.17, 15) is 4.79 Å². The number of aryl methyl sites for hydroxylation is 2. The maximum atomic E-state index is 11.8. The lowest BCUT2D eigenvalue weighted by Gasteiger charge is -2.22. The van der Waals surface area contributed by atoms with Crippen LogP contribution in [0.1, 0.15) is 18.5 Å². The summed E-state index contributed by atoms with van der Waals surface area (Å²) in [7, 11) is 1.84. The molecule has 94 valence electrons. The molecule has 2 N–H and O–H groups in total. The van der Waals surface area contributed by atoms with Crippen molar-refractivity contribution in [2.24, 2.45) is 7.05 Å². The molecule has 0 aromatic carbocycles. The first-order valence-electron chi connectivity index (χ1n) is 5.80. The Balaban J connectivity index is 1.86. The monoisotopic (exact) mass is 254 g/mol. The van der Waals surface area contributed by atoms with Crippen molar-refractivity contribution in [2.75, 3.05) is 16.8 Å². The molecular formula is C11H18N4OS. The van der Waals surface area contributed by atoms with E-state index in [4.69, 9.17) is 0 Å². The van der Waals surface area contributed by atoms with Gasteiger partial charge >= 0.3 is 6.03 Å². The van der Waals surface area contributed by atoms with Crippen LogP contribution in [0.2, 0.25) is 0 Å². The lowest BCUT2D eigenvalue weighted by molar-refractivity contribution is 0.247. The van der Waals surface area contributed by atoms with Gasteiger partial charge in [-0.05, 0) is 31.3 Å². The maximum absolute atomic E-state index is 11.8. The standard InChI is InChI=1S/C11H18N4OS/c1-8-10(7-15(2)14-8)13-11(16)12-9-3-5-17-6-4-9/h7,9H,3-6H2,1-2H3,(H2,12,13,16). The predicted molar refractivity (Wildman–Crippen MR) is 70.4 cm³/mol. The van der Waals surface area contributed by atoms with Crippen LogP contribution >= 0.6 is 11.8 Å². The van der Waals surface area contributed by atoms with Crippen molar-refractivity contribution >= 4 is 23.5 Å². The summed E-state index contributed by atoms with van der Waals surface area (Å²) in [6, 6.07) is 0.186. The van der Waals surface area contributed by atoms with Gasteiger partial charge in [-0.1, -0.05) is 0 Å². The Morgan fingerprint density at radius 2 is 2.24 bits per heavy atom. The number of hydrogen-bond acceptors (Lipinski definition) is 3. The number of aromatic nitrogens is 2. The van der Waals surface area contributed by atoms with E-state index < -0.39 is 0 Å². The zero-order valence-electron chi connectivity index (χ0n) is 10.2. The SMILES string of the molecule is Cc1nn(C)cc1NC(=O)NC1CCSCC1. The molecule has 1 aliphatic rings. The minimum atomic E-state index is -0.127. The Bertz CT molecular complexity index is 398. The van der Waals surface area contributed by atoms with E-state index in [1.807, 2.05) is 31.9 Å². The predicted octanol–water partition coefficient (Wildman–Crippen LogP) is 1.75. The molecule has 6 heteroatoms. The van der Waals surface area contributed by atoms with Gasteiger partial charge in [0.15, 0.2) is 0 Å². The molecule has 2 heterocycles. The molecule has 1 saturated heterocycles. The number of thioether (sulfide) groups is 1. The van der Waals surface area contributed by atoms with Crippen LogP contribution in [0.3, 0.4) is 0 Å². The largest absolute Gasteiger partial charge is 0.335 e. The van der Waals surface area contributed by atoms with Crippen LogP contribution in [0.5, 0.6) is 0 Å². The van der Waals surface area contributed by atoms with Gasteiger partial charge in [0.1, 0.15) is 0 Å². The number of urea groups is 1. The van der Waals surface area contributed by atoms with Gasteiger partial charge in [-0.2, -0.15) is 16.9 Å². The van der Waals surface area contributed by atoms with Gasteiger partial charge in [-0.25, -0.2) is 4.79 Å². The maximum Gasteiger partial charge on any atom is 0.319 e. The molecule has 17 heavy (non-hydrogen) atoms. The number of amides is 2. The highest BCUT2D eigenvalue weighted by atomic mass is 32.2. The Labute approximate surface area is 105 Å². The van der Waals surface area contributed by atoms with E-state index in [-0.39, 0.29) is 6.03 Å². The molecule has 1 aromatic rings. The second kappa shape index (κ2) is 5.44. The van der Waals surface area contributed by atoms with Crippen LogP contribution in [-0.4, -0.2) is 33.4 Å². The normalized spacial score (nSPS) is 16.8. The van der Waals surface area contributed by atoms with Crippen LogP contribution < -0.4 is 10.6 Å². The van der Waals surface area contributed by atoms with Gasteiger partial charge in [0, 0.05) is 19.3 Å². The van der Waals surface area contributed by atoms with Gasteiger partial charge in [-0.15, -0.1) is 0 Å². The molecule has 0 bridgehead atoms. The zero-order chi connectivity index (χ0) is 12.3. The smallest absolute Gasteiger partial charge is 0.319 e. The fourth-order valence-electron chi connectivity index (χ4n) is 1.91. The van der Waals surface area contributed by atoms with Crippen LogP contribution in [0.4, 0.5) is 10.5 Å². The van der Waals surface area contributed by atoms with E-state index in [0.29, 0.717) is 6.04 Å². The quantitative estimate of drug-likeness (QED) is 0.845. The highest BCUT2D eigenvalue weighted by Crippen LogP contribution is 2.17. The molecule has 0 saturated carbocycles. The van der Waals surface area contributed by atoms with Crippen LogP contribution in [-0.2, 0) is 7.05 Å². The van der Waals surface area contributed by atoms with Gasteiger partial charge in [0.2, 0.25) is 0 Å². The summed E-state index contributed by atoms with van der Waals surface area (Å²) in [5, 5.41) is 10.0. The third-order valence-corrected chi connectivity index (χ3v) is 3.87. The Hall–Kier alpha value is -1.17. The average Bonchev–Trinajstić information content (AvgIpc) is 2.58. The van der Waals surface area contributed by atoms with Crippen LogP contribution in [0, 0.1) is 6.92 Å². The number of anilines is 1. The highest BCUT2D eigenvalue weighted by Gasteiger charge is 2.16. The Kier molecular flexibility index (Phi) is 3.93. The highest BCUT2D eigenvalue weighted by molar-refractivity contribution is 7.99. The van der Waals surface area contributed by atoms with Gasteiger partial charge in [-0.3, -0.25) is 4.68 Å². The summed E-state index contributed by atoms with van der Waals surface area (Å²) in [6.45, 7) is 1.88. The number of carbonyl (C=O) groups is 1. The fourth-order valence-corrected chi connectivity index (χ4v) is 3.01. The molecule has 0 spiro atoms. The Morgan fingerprint density at radius 1 is 1.53 bits per heavy atom. The molecule has 1 aliphatic heterocycles. The minimum Gasteiger partial charge on any atom is -0.335 e. The van der Waals surface area contributed by atoms with Crippen molar-refractivity contribution < 1.29 is 4.79 Å². The van der Waals surface area contributed by atoms with Gasteiger partial charge < -0.3 is 10.6 Å². The van der Waals surface area contributed by atoms with E-state index in [1.165, 1.54) is 0 Å². The van der Waals surface area contributed by atoms with Crippen molar-refractivity contribution in [3.8, 4) is 0 Å². The van der Waals surface area contributed by atoms with Crippen LogP contribution in [0.15, 0.2) is 6.20 Å². The molecule has 0 aliphatic carbocycles. The van der Waals surface area contributed by atoms with Gasteiger partial charge in [0.25, 0.3) is 0 Å². The van der Waals surface area contributed by atoms with E-state index in [2.05, 4.69) is 15.7 Å². The van der Waals surface area contributed by atoms with Crippen molar-refractivity contribution in [2.45, 2.75) is 25.8 Å². The molecule has 1 fully saturated rings. The summed E-state index contributed by atoms with van der Waals surface area (Å²) >= 11 is 1.95. The van der Waals surface area contributed by atoms with Crippen molar-refractivity contribution in [1.82, 2.24) is 15.1 Å². The first kappa shape index (κ1) is 12.3. The number of nitrogens with zero attached hydrogens (tertiary/aromatic N) is 2. The third-order valence-electron chi connectivity index (χ3n) is 2.82. The number of rotatable bonds is 2. The second-order valence-corrected chi connectivity index (χ2v) is 5.51. The van der Waals surface area contributed by atoms with Crippen molar-refractivity contribution in [1.29, 1.82) is 0 Å². The molecule has 2 rings (SSSR count). The first-order chi connectivity index (χ1) is 8.15. The summed E-state index contributed by atoms with van der Waals surface area (Å²) in [5.74, 6) is 2.27. The topological polar surface area (TPSA) is 59.0 Å². The third kappa shape index (κ3) is 3.39. The molecular weight excluding hydrogens is 236 g/mol. The number of carbonyl (C=O) groups excluding carboxylic acids is 1. The molecule has 1 aromatic heterocycles. The zero-order valence-corrected chi connectivity index (χ0v) is 11.0. The second-order valence-electron chi connectivity index (χ2n) is 4.29. The van der Waals surface area contributed by atoms with E-state index >= 15 is 0 Å². The molecule has 0 atom stereocenters.